The van der Waals surface area contributed by atoms with Crippen LogP contribution in [0.4, 0.5) is 22.7 Å². The molecule has 9 heteroatoms. The van der Waals surface area contributed by atoms with Crippen molar-refractivity contribution >= 4 is 46.4 Å². The molecular formula is C30H42N4O5. The van der Waals surface area contributed by atoms with Gasteiger partial charge in [0.2, 0.25) is 23.6 Å². The zero-order valence-corrected chi connectivity index (χ0v) is 24.3. The molecule has 0 saturated heterocycles. The van der Waals surface area contributed by atoms with Gasteiger partial charge in [-0.15, -0.1) is 0 Å². The predicted octanol–water partition coefficient (Wildman–Crippen LogP) is 6.27. The summed E-state index contributed by atoms with van der Waals surface area (Å²) in [5, 5.41) is 11.5. The first-order valence-corrected chi connectivity index (χ1v) is 13.4. The van der Waals surface area contributed by atoms with Gasteiger partial charge in [-0.2, -0.15) is 0 Å². The Labute approximate surface area is 231 Å². The Kier molecular flexibility index (Phi) is 10.8. The van der Waals surface area contributed by atoms with Crippen LogP contribution in [0, 0.1) is 0 Å². The molecule has 2 rings (SSSR count). The topological polar surface area (TPSA) is 126 Å². The Morgan fingerprint density at radius 1 is 0.564 bits per heavy atom. The molecule has 0 aliphatic carbocycles. The minimum absolute atomic E-state index is 0.132. The van der Waals surface area contributed by atoms with Crippen molar-refractivity contribution in [3.05, 3.63) is 47.5 Å². The van der Waals surface area contributed by atoms with Crippen LogP contribution in [0.1, 0.15) is 92.2 Å². The lowest BCUT2D eigenvalue weighted by molar-refractivity contribution is -0.131. The number of nitrogens with one attached hydrogen (secondary N) is 4. The highest BCUT2D eigenvalue weighted by Gasteiger charge is 2.35. The van der Waals surface area contributed by atoms with Gasteiger partial charge in [0, 0.05) is 59.6 Å². The Hall–Kier alpha value is -3.72. The second-order valence-electron chi connectivity index (χ2n) is 10.3. The average Bonchev–Trinajstić information content (AvgIpc) is 2.87. The van der Waals surface area contributed by atoms with E-state index in [2.05, 4.69) is 21.3 Å². The molecule has 0 aromatic heterocycles. The van der Waals surface area contributed by atoms with Crippen molar-refractivity contribution in [1.82, 2.24) is 0 Å². The second kappa shape index (κ2) is 13.4. The van der Waals surface area contributed by atoms with Crippen molar-refractivity contribution in [3.8, 4) is 0 Å². The van der Waals surface area contributed by atoms with E-state index in [1.54, 1.807) is 52.0 Å². The minimum atomic E-state index is -0.908. The van der Waals surface area contributed by atoms with Crippen molar-refractivity contribution in [3.63, 3.8) is 0 Å². The number of rotatable bonds is 12. The van der Waals surface area contributed by atoms with E-state index < -0.39 is 11.2 Å². The van der Waals surface area contributed by atoms with Crippen molar-refractivity contribution in [2.24, 2.45) is 0 Å². The number of anilines is 4. The molecular weight excluding hydrogens is 496 g/mol. The predicted molar refractivity (Wildman–Crippen MR) is 156 cm³/mol. The average molecular weight is 539 g/mol. The van der Waals surface area contributed by atoms with Crippen LogP contribution in [-0.2, 0) is 35.1 Å². The molecule has 0 radical (unpaired) electrons. The molecule has 2 aromatic rings. The maximum absolute atomic E-state index is 12.4. The first-order chi connectivity index (χ1) is 18.3. The molecule has 0 aliphatic rings. The van der Waals surface area contributed by atoms with Gasteiger partial charge in [0.05, 0.1) is 11.2 Å². The van der Waals surface area contributed by atoms with E-state index in [0.717, 1.165) is 11.1 Å². The quantitative estimate of drug-likeness (QED) is 0.253. The van der Waals surface area contributed by atoms with Crippen LogP contribution in [-0.4, -0.2) is 23.6 Å². The zero-order valence-electron chi connectivity index (χ0n) is 24.3. The molecule has 2 aromatic carbocycles. The fourth-order valence-electron chi connectivity index (χ4n) is 4.22. The molecule has 0 heterocycles. The highest BCUT2D eigenvalue weighted by molar-refractivity contribution is 5.96. The Bertz CT molecular complexity index is 1130. The number of carbonyl (C=O) groups is 4. The molecule has 4 N–H and O–H groups in total. The Morgan fingerprint density at radius 2 is 0.872 bits per heavy atom. The zero-order chi connectivity index (χ0) is 29.4. The number of amides is 4. The SMILES string of the molecule is CCC(=O)Nc1ccc(C(C)(C)OC(C)(C)c2ccc(NC(=O)CC)cc2NC(=O)CC)c(NC(=O)CC)c1. The smallest absolute Gasteiger partial charge is 0.224 e. The molecule has 0 fully saturated rings. The fraction of sp³-hybridized carbons (Fsp3) is 0.467. The molecule has 0 atom stereocenters. The summed E-state index contributed by atoms with van der Waals surface area (Å²) in [6, 6.07) is 10.7. The molecule has 0 saturated carbocycles. The van der Waals surface area contributed by atoms with Gasteiger partial charge in [0.1, 0.15) is 0 Å². The van der Waals surface area contributed by atoms with Crippen molar-refractivity contribution in [1.29, 1.82) is 0 Å². The normalized spacial score (nSPS) is 11.5. The Balaban J connectivity index is 2.52. The number of hydrogen-bond acceptors (Lipinski definition) is 5. The summed E-state index contributed by atoms with van der Waals surface area (Å²) in [5.41, 5.74) is 1.84. The highest BCUT2D eigenvalue weighted by atomic mass is 16.5. The molecule has 0 unspecified atom stereocenters. The van der Waals surface area contributed by atoms with Gasteiger partial charge in [0.25, 0.3) is 0 Å². The van der Waals surface area contributed by atoms with Crippen LogP contribution in [0.15, 0.2) is 36.4 Å². The minimum Gasteiger partial charge on any atom is -0.360 e. The van der Waals surface area contributed by atoms with Gasteiger partial charge in [-0.05, 0) is 52.0 Å². The van der Waals surface area contributed by atoms with Gasteiger partial charge in [0.15, 0.2) is 0 Å². The third-order valence-electron chi connectivity index (χ3n) is 6.25. The largest absolute Gasteiger partial charge is 0.360 e. The van der Waals surface area contributed by atoms with Crippen LogP contribution in [0.2, 0.25) is 0 Å². The van der Waals surface area contributed by atoms with Gasteiger partial charge < -0.3 is 26.0 Å². The molecule has 212 valence electrons. The van der Waals surface area contributed by atoms with Gasteiger partial charge in [-0.1, -0.05) is 39.8 Å². The number of ether oxygens (including phenoxy) is 1. The standard InChI is InChI=1S/C30H42N4O5/c1-9-25(35)31-19-13-15-21(23(17-19)33-27(37)11-3)29(5,6)39-30(7,8)22-16-14-20(32-26(36)10-2)18-24(22)34-28(38)12-4/h13-18H,9-12H2,1-8H3,(H,31,35)(H,32,36)(H,33,37)(H,34,38). The highest BCUT2D eigenvalue weighted by Crippen LogP contribution is 2.42. The number of hydrogen-bond donors (Lipinski definition) is 4. The van der Waals surface area contributed by atoms with E-state index in [-0.39, 0.29) is 23.6 Å². The van der Waals surface area contributed by atoms with Crippen LogP contribution in [0.3, 0.4) is 0 Å². The first kappa shape index (κ1) is 31.5. The lowest BCUT2D eigenvalue weighted by Gasteiger charge is -2.38. The molecule has 9 nitrogen and oxygen atoms in total. The lowest BCUT2D eigenvalue weighted by Crippen LogP contribution is -2.35. The van der Waals surface area contributed by atoms with Crippen molar-refractivity contribution < 1.29 is 23.9 Å². The van der Waals surface area contributed by atoms with Gasteiger partial charge in [-0.3, -0.25) is 19.2 Å². The molecule has 39 heavy (non-hydrogen) atoms. The third kappa shape index (κ3) is 8.64. The van der Waals surface area contributed by atoms with Crippen LogP contribution in [0.5, 0.6) is 0 Å². The van der Waals surface area contributed by atoms with E-state index in [1.807, 2.05) is 39.8 Å². The second-order valence-corrected chi connectivity index (χ2v) is 10.3. The number of carbonyl (C=O) groups excluding carboxylic acids is 4. The summed E-state index contributed by atoms with van der Waals surface area (Å²) in [4.78, 5) is 48.6. The van der Waals surface area contributed by atoms with Crippen molar-refractivity contribution in [2.45, 2.75) is 92.3 Å². The Morgan fingerprint density at radius 3 is 1.18 bits per heavy atom. The maximum atomic E-state index is 12.4. The molecule has 0 spiro atoms. The van der Waals surface area contributed by atoms with E-state index in [4.69, 9.17) is 4.74 Å². The van der Waals surface area contributed by atoms with E-state index >= 15 is 0 Å². The summed E-state index contributed by atoms with van der Waals surface area (Å²) in [5.74, 6) is -0.598. The van der Waals surface area contributed by atoms with Gasteiger partial charge in [-0.25, -0.2) is 0 Å². The monoisotopic (exact) mass is 538 g/mol. The van der Waals surface area contributed by atoms with E-state index in [0.29, 0.717) is 48.4 Å². The van der Waals surface area contributed by atoms with Crippen LogP contribution < -0.4 is 21.3 Å². The number of benzene rings is 2. The molecule has 4 amide bonds. The summed E-state index contributed by atoms with van der Waals surface area (Å²) in [7, 11) is 0. The fourth-order valence-corrected chi connectivity index (χ4v) is 4.22. The lowest BCUT2D eigenvalue weighted by atomic mass is 9.90. The third-order valence-corrected chi connectivity index (χ3v) is 6.25. The molecule has 0 aliphatic heterocycles. The van der Waals surface area contributed by atoms with Crippen LogP contribution >= 0.6 is 0 Å². The summed E-state index contributed by atoms with van der Waals surface area (Å²) in [6.45, 7) is 14.7. The summed E-state index contributed by atoms with van der Waals surface area (Å²) >= 11 is 0. The maximum Gasteiger partial charge on any atom is 0.224 e. The summed E-state index contributed by atoms with van der Waals surface area (Å²) < 4.78 is 6.72. The van der Waals surface area contributed by atoms with E-state index in [9.17, 15) is 19.2 Å². The first-order valence-electron chi connectivity index (χ1n) is 13.4. The van der Waals surface area contributed by atoms with E-state index in [1.165, 1.54) is 0 Å². The molecule has 0 bridgehead atoms. The van der Waals surface area contributed by atoms with Crippen LogP contribution in [0.25, 0.3) is 0 Å². The summed E-state index contributed by atoms with van der Waals surface area (Å²) in [6.07, 6.45) is 1.25. The van der Waals surface area contributed by atoms with Gasteiger partial charge >= 0.3 is 0 Å². The van der Waals surface area contributed by atoms with Crippen molar-refractivity contribution in [2.75, 3.05) is 21.3 Å².